The van der Waals surface area contributed by atoms with Gasteiger partial charge in [-0.3, -0.25) is 4.57 Å². The topological polar surface area (TPSA) is 35.5 Å². The predicted octanol–water partition coefficient (Wildman–Crippen LogP) is 3.31. The summed E-state index contributed by atoms with van der Waals surface area (Å²) in [5.41, 5.74) is 0. The van der Waals surface area contributed by atoms with Crippen LogP contribution in [0.1, 0.15) is 13.8 Å². The van der Waals surface area contributed by atoms with Gasteiger partial charge >= 0.3 is 20.5 Å². The largest absolute Gasteiger partial charge is 0.393 e. The molecule has 0 aromatic heterocycles. The third-order valence-electron chi connectivity index (χ3n) is 1.37. The van der Waals surface area contributed by atoms with Crippen LogP contribution in [-0.2, 0) is 13.6 Å². The first-order valence-corrected chi connectivity index (χ1v) is 5.17. The number of rotatable bonds is 6. The molecule has 0 aliphatic carbocycles. The number of hydrogen-bond acceptors (Lipinski definition) is 3. The molecule has 16 heavy (non-hydrogen) atoms. The maximum atomic E-state index is 12.4. The molecule has 10 heteroatoms. The Hall–Kier alpha value is -0.270. The van der Waals surface area contributed by atoms with E-state index in [1.165, 1.54) is 0 Å². The van der Waals surface area contributed by atoms with E-state index in [1.54, 1.807) is 0 Å². The van der Waals surface area contributed by atoms with Crippen molar-refractivity contribution in [3.05, 3.63) is 0 Å². The Morgan fingerprint density at radius 1 is 0.938 bits per heavy atom. The first-order chi connectivity index (χ1) is 6.99. The molecule has 0 fully saturated rings. The lowest BCUT2D eigenvalue weighted by molar-refractivity contribution is -0.245. The van der Waals surface area contributed by atoms with Crippen LogP contribution >= 0.6 is 8.25 Å². The summed E-state index contributed by atoms with van der Waals surface area (Å²) in [6, 6.07) is 0. The van der Waals surface area contributed by atoms with E-state index in [-0.39, 0.29) is 0 Å². The zero-order valence-corrected chi connectivity index (χ0v) is 9.15. The molecule has 0 N–H and O–H groups in total. The molecule has 0 aliphatic heterocycles. The Labute approximate surface area is 87.7 Å². The summed E-state index contributed by atoms with van der Waals surface area (Å²) in [7, 11) is -4.42. The van der Waals surface area contributed by atoms with Gasteiger partial charge in [-0.15, -0.1) is 0 Å². The SMILES string of the molecule is CC(F)C(F)(F)O[PH](=O)OC(F)(F)C(C)F. The molecular weight excluding hydrogens is 265 g/mol. The molecular formula is C6H9F6O3P. The maximum absolute atomic E-state index is 12.4. The fraction of sp³-hybridized carbons (Fsp3) is 1.00. The molecule has 0 bridgehead atoms. The lowest BCUT2D eigenvalue weighted by atomic mass is 10.4. The van der Waals surface area contributed by atoms with Crippen molar-refractivity contribution < 1.29 is 40.0 Å². The van der Waals surface area contributed by atoms with Gasteiger partial charge in [0.25, 0.3) is 0 Å². The van der Waals surface area contributed by atoms with Crippen LogP contribution in [0.25, 0.3) is 0 Å². The third kappa shape index (κ3) is 4.71. The number of hydrogen-bond donors (Lipinski definition) is 0. The van der Waals surface area contributed by atoms with Crippen molar-refractivity contribution in [1.82, 2.24) is 0 Å². The maximum Gasteiger partial charge on any atom is 0.393 e. The Morgan fingerprint density at radius 2 is 1.19 bits per heavy atom. The van der Waals surface area contributed by atoms with Crippen molar-refractivity contribution in [3.63, 3.8) is 0 Å². The van der Waals surface area contributed by atoms with Gasteiger partial charge in [-0.1, -0.05) is 0 Å². The van der Waals surface area contributed by atoms with Crippen LogP contribution in [0.2, 0.25) is 0 Å². The molecule has 0 rings (SSSR count). The highest BCUT2D eigenvalue weighted by Crippen LogP contribution is 2.42. The first kappa shape index (κ1) is 15.7. The summed E-state index contributed by atoms with van der Waals surface area (Å²) in [5, 5.41) is 0. The second-order valence-electron chi connectivity index (χ2n) is 2.81. The molecule has 0 aromatic rings. The van der Waals surface area contributed by atoms with E-state index in [1.807, 2.05) is 0 Å². The number of alkyl halides is 6. The smallest absolute Gasteiger partial charge is 0.263 e. The van der Waals surface area contributed by atoms with Gasteiger partial charge in [0.05, 0.1) is 0 Å². The fourth-order valence-corrected chi connectivity index (χ4v) is 1.22. The van der Waals surface area contributed by atoms with Crippen LogP contribution < -0.4 is 0 Å². The Bertz CT molecular complexity index is 233. The molecule has 3 nitrogen and oxygen atoms in total. The van der Waals surface area contributed by atoms with Gasteiger partial charge in [0.15, 0.2) is 12.3 Å². The van der Waals surface area contributed by atoms with Gasteiger partial charge in [0.2, 0.25) is 0 Å². The molecule has 0 aliphatic rings. The molecule has 0 spiro atoms. The molecule has 0 amide bonds. The third-order valence-corrected chi connectivity index (χ3v) is 2.24. The Kier molecular flexibility index (Phi) is 5.28. The summed E-state index contributed by atoms with van der Waals surface area (Å²) in [6.45, 7) is 0.732. The van der Waals surface area contributed by atoms with E-state index in [0.29, 0.717) is 13.8 Å². The molecule has 0 heterocycles. The minimum absolute atomic E-state index is 0.366. The van der Waals surface area contributed by atoms with Crippen LogP contribution in [0.5, 0.6) is 0 Å². The Morgan fingerprint density at radius 3 is 1.38 bits per heavy atom. The van der Waals surface area contributed by atoms with Crippen molar-refractivity contribution in [2.45, 2.75) is 38.4 Å². The summed E-state index contributed by atoms with van der Waals surface area (Å²) >= 11 is 0. The second kappa shape index (κ2) is 5.37. The predicted molar refractivity (Wildman–Crippen MR) is 42.2 cm³/mol. The Balaban J connectivity index is 4.41. The number of halogens is 6. The zero-order chi connectivity index (χ0) is 13.1. The molecule has 0 radical (unpaired) electrons. The van der Waals surface area contributed by atoms with Crippen molar-refractivity contribution in [1.29, 1.82) is 0 Å². The quantitative estimate of drug-likeness (QED) is 0.550. The van der Waals surface area contributed by atoms with E-state index >= 15 is 0 Å². The molecule has 2 atom stereocenters. The lowest BCUT2D eigenvalue weighted by Crippen LogP contribution is -2.32. The van der Waals surface area contributed by atoms with Gasteiger partial charge in [-0.2, -0.15) is 17.6 Å². The highest BCUT2D eigenvalue weighted by Gasteiger charge is 2.45. The molecule has 0 saturated heterocycles. The van der Waals surface area contributed by atoms with Crippen molar-refractivity contribution >= 4 is 8.25 Å². The molecule has 0 aromatic carbocycles. The van der Waals surface area contributed by atoms with Crippen LogP contribution in [0.4, 0.5) is 26.3 Å². The highest BCUT2D eigenvalue weighted by molar-refractivity contribution is 7.33. The monoisotopic (exact) mass is 274 g/mol. The van der Waals surface area contributed by atoms with Gasteiger partial charge in [0.1, 0.15) is 0 Å². The van der Waals surface area contributed by atoms with Gasteiger partial charge in [0, 0.05) is 0 Å². The van der Waals surface area contributed by atoms with E-state index in [4.69, 9.17) is 0 Å². The minimum Gasteiger partial charge on any atom is -0.263 e. The van der Waals surface area contributed by atoms with E-state index in [0.717, 1.165) is 0 Å². The fourth-order valence-electron chi connectivity index (χ4n) is 0.405. The van der Waals surface area contributed by atoms with E-state index in [2.05, 4.69) is 9.05 Å². The lowest BCUT2D eigenvalue weighted by Gasteiger charge is -2.21. The molecule has 0 saturated carbocycles. The zero-order valence-electron chi connectivity index (χ0n) is 8.15. The van der Waals surface area contributed by atoms with Crippen molar-refractivity contribution in [3.8, 4) is 0 Å². The summed E-state index contributed by atoms with van der Waals surface area (Å²) < 4.78 is 90.6. The standard InChI is InChI=1S/C6H9F6O3P/c1-3(7)5(9,10)14-16(13)15-6(11,12)4(2)8/h3-4,16H,1-2H3. The van der Waals surface area contributed by atoms with Crippen LogP contribution in [-0.4, -0.2) is 24.6 Å². The minimum atomic E-state index is -4.54. The second-order valence-corrected chi connectivity index (χ2v) is 3.72. The van der Waals surface area contributed by atoms with Crippen molar-refractivity contribution in [2.75, 3.05) is 0 Å². The normalized spacial score (nSPS) is 19.2. The van der Waals surface area contributed by atoms with Crippen LogP contribution in [0.15, 0.2) is 0 Å². The highest BCUT2D eigenvalue weighted by atomic mass is 31.1. The first-order valence-electron chi connectivity index (χ1n) is 3.95. The van der Waals surface area contributed by atoms with Crippen LogP contribution in [0.3, 0.4) is 0 Å². The average molecular weight is 274 g/mol. The summed E-state index contributed by atoms with van der Waals surface area (Å²) in [5.74, 6) is 0. The van der Waals surface area contributed by atoms with Gasteiger partial charge in [-0.05, 0) is 13.8 Å². The summed E-state index contributed by atoms with van der Waals surface area (Å²) in [4.78, 5) is 0. The van der Waals surface area contributed by atoms with Gasteiger partial charge < -0.3 is 0 Å². The average Bonchev–Trinajstić information content (AvgIpc) is 2.00. The van der Waals surface area contributed by atoms with Crippen LogP contribution in [0, 0.1) is 0 Å². The molecule has 98 valence electrons. The van der Waals surface area contributed by atoms with Gasteiger partial charge in [-0.25, -0.2) is 17.8 Å². The summed E-state index contributed by atoms with van der Waals surface area (Å²) in [6.07, 6.45) is -14.8. The van der Waals surface area contributed by atoms with E-state index < -0.39 is 32.8 Å². The molecule has 2 unspecified atom stereocenters. The van der Waals surface area contributed by atoms with E-state index in [9.17, 15) is 30.9 Å². The van der Waals surface area contributed by atoms with Crippen molar-refractivity contribution in [2.24, 2.45) is 0 Å².